The molecule has 94 valence electrons. The zero-order valence-corrected chi connectivity index (χ0v) is 8.66. The molecular weight excluding hydrogens is 258 g/mol. The molecule has 0 aliphatic carbocycles. The summed E-state index contributed by atoms with van der Waals surface area (Å²) in [6.45, 7) is 0. The van der Waals surface area contributed by atoms with Gasteiger partial charge in [-0.05, 0) is 12.5 Å². The summed E-state index contributed by atoms with van der Waals surface area (Å²) in [6.07, 6.45) is -5.65. The lowest BCUT2D eigenvalue weighted by Gasteiger charge is -2.34. The monoisotopic (exact) mass is 266 g/mol. The second-order valence-corrected chi connectivity index (χ2v) is 5.89. The molecule has 1 nitrogen and oxygen atoms in total. The van der Waals surface area contributed by atoms with Gasteiger partial charge in [0.05, 0.1) is 10.3 Å². The van der Waals surface area contributed by atoms with E-state index in [0.717, 1.165) is 12.2 Å². The van der Waals surface area contributed by atoms with E-state index in [2.05, 4.69) is 0 Å². The van der Waals surface area contributed by atoms with Gasteiger partial charge in [-0.25, -0.2) is 0 Å². The van der Waals surface area contributed by atoms with E-state index in [4.69, 9.17) is 0 Å². The first-order chi connectivity index (χ1) is 7.01. The number of Topliss-reactive ketones (excluding diaryl/α,β-unsaturated/α-hetero) is 1. The van der Waals surface area contributed by atoms with Crippen LogP contribution in [0.3, 0.4) is 0 Å². The lowest BCUT2D eigenvalue weighted by molar-refractivity contribution is -0.170. The average molecular weight is 266 g/mol. The third-order valence-corrected chi connectivity index (χ3v) is 4.05. The Morgan fingerprint density at radius 2 is 1.81 bits per heavy atom. The van der Waals surface area contributed by atoms with Crippen molar-refractivity contribution in [2.45, 2.75) is 19.0 Å². The van der Waals surface area contributed by atoms with Crippen LogP contribution in [0.1, 0.15) is 12.8 Å². The van der Waals surface area contributed by atoms with E-state index in [1.807, 2.05) is 0 Å². The molecule has 0 aromatic rings. The van der Waals surface area contributed by atoms with Crippen LogP contribution in [0.25, 0.3) is 0 Å². The molecule has 0 fully saturated rings. The molecule has 0 bridgehead atoms. The summed E-state index contributed by atoms with van der Waals surface area (Å²) in [5.74, 6) is -2.13. The van der Waals surface area contributed by atoms with Crippen molar-refractivity contribution in [3.05, 3.63) is 22.5 Å². The average Bonchev–Trinajstić information content (AvgIpc) is 2.34. The SMILES string of the molecule is O=C(CCC1=CC=C[SH]1(F)(F)F)C(F)(F)F. The Kier molecular flexibility index (Phi) is 2.91. The number of carbonyl (C=O) groups is 1. The molecule has 0 N–H and O–H groups in total. The van der Waals surface area contributed by atoms with Gasteiger partial charge in [0.2, 0.25) is 5.78 Å². The molecule has 1 heterocycles. The van der Waals surface area contributed by atoms with Crippen molar-refractivity contribution in [1.29, 1.82) is 0 Å². The van der Waals surface area contributed by atoms with E-state index in [1.54, 1.807) is 0 Å². The predicted octanol–water partition coefficient (Wildman–Crippen LogP) is 4.04. The Morgan fingerprint density at radius 1 is 1.25 bits per heavy atom. The smallest absolute Gasteiger partial charge is 0.290 e. The lowest BCUT2D eigenvalue weighted by Crippen LogP contribution is -2.22. The minimum absolute atomic E-state index is 0.0685. The summed E-state index contributed by atoms with van der Waals surface area (Å²) in [7, 11) is -6.60. The molecule has 8 heteroatoms. The third kappa shape index (κ3) is 2.81. The van der Waals surface area contributed by atoms with Crippen molar-refractivity contribution in [2.24, 2.45) is 0 Å². The van der Waals surface area contributed by atoms with Crippen molar-refractivity contribution >= 4 is 16.1 Å². The highest BCUT2D eigenvalue weighted by Gasteiger charge is 2.44. The number of halogens is 6. The molecule has 1 aliphatic heterocycles. The molecule has 1 aliphatic rings. The first kappa shape index (κ1) is 13.1. The second kappa shape index (κ2) is 3.54. The molecule has 0 atom stereocenters. The normalized spacial score (nSPS) is 24.6. The number of hydrogen-bond acceptors (Lipinski definition) is 1. The standard InChI is InChI=1S/C8H8F6OS/c9-8(10,11)7(15)4-3-6-2-1-5-16(6,12,13)14/h1-2,5,16H,3-4H2. The fourth-order valence-electron chi connectivity index (χ4n) is 1.18. The number of carbonyl (C=O) groups excluding carboxylic acids is 1. The van der Waals surface area contributed by atoms with Crippen molar-refractivity contribution in [3.8, 4) is 0 Å². The highest BCUT2D eigenvalue weighted by molar-refractivity contribution is 8.43. The molecule has 0 saturated carbocycles. The van der Waals surface area contributed by atoms with Gasteiger partial charge in [0.25, 0.3) is 0 Å². The molecule has 0 radical (unpaired) electrons. The fraction of sp³-hybridized carbons (Fsp3) is 0.375. The van der Waals surface area contributed by atoms with E-state index >= 15 is 0 Å². The van der Waals surface area contributed by atoms with Gasteiger partial charge in [-0.1, -0.05) is 6.08 Å². The predicted molar refractivity (Wildman–Crippen MR) is 49.8 cm³/mol. The van der Waals surface area contributed by atoms with Gasteiger partial charge >= 0.3 is 6.18 Å². The van der Waals surface area contributed by atoms with Gasteiger partial charge in [0.1, 0.15) is 0 Å². The van der Waals surface area contributed by atoms with Gasteiger partial charge in [-0.3, -0.25) is 4.79 Å². The minimum Gasteiger partial charge on any atom is -0.290 e. The molecule has 0 amide bonds. The first-order valence-corrected chi connectivity index (χ1v) is 6.15. The molecule has 16 heavy (non-hydrogen) atoms. The van der Waals surface area contributed by atoms with Gasteiger partial charge in [-0.2, -0.15) is 13.2 Å². The van der Waals surface area contributed by atoms with Crippen LogP contribution < -0.4 is 0 Å². The van der Waals surface area contributed by atoms with Crippen molar-refractivity contribution < 1.29 is 29.6 Å². The zero-order valence-electron chi connectivity index (χ0n) is 7.77. The van der Waals surface area contributed by atoms with E-state index in [-0.39, 0.29) is 5.41 Å². The van der Waals surface area contributed by atoms with Crippen LogP contribution in [0.5, 0.6) is 0 Å². The Morgan fingerprint density at radius 3 is 2.19 bits per heavy atom. The van der Waals surface area contributed by atoms with E-state index in [1.165, 1.54) is 0 Å². The quantitative estimate of drug-likeness (QED) is 0.602. The molecule has 0 aromatic carbocycles. The number of thiol groups is 1. The van der Waals surface area contributed by atoms with Crippen molar-refractivity contribution in [3.63, 3.8) is 0 Å². The number of allylic oxidation sites excluding steroid dienone is 3. The Bertz CT molecular complexity index is 372. The van der Waals surface area contributed by atoms with Crippen LogP contribution in [0.15, 0.2) is 22.5 Å². The maximum Gasteiger partial charge on any atom is 0.449 e. The number of ketones is 1. The van der Waals surface area contributed by atoms with Crippen LogP contribution >= 0.6 is 10.3 Å². The molecule has 0 saturated heterocycles. The largest absolute Gasteiger partial charge is 0.449 e. The minimum atomic E-state index is -6.60. The second-order valence-electron chi connectivity index (χ2n) is 3.29. The van der Waals surface area contributed by atoms with Crippen LogP contribution in [0.4, 0.5) is 24.8 Å². The lowest BCUT2D eigenvalue weighted by atomic mass is 10.2. The summed E-state index contributed by atoms with van der Waals surface area (Å²) in [4.78, 5) is 9.40. The summed E-state index contributed by atoms with van der Waals surface area (Å²) >= 11 is 0. The molecule has 0 aromatic heterocycles. The molecule has 1 rings (SSSR count). The number of hydrogen-bond donors (Lipinski definition) is 1. The maximum atomic E-state index is 13.0. The fourth-order valence-corrected chi connectivity index (χ4v) is 2.57. The van der Waals surface area contributed by atoms with Crippen LogP contribution in [-0.2, 0) is 4.79 Å². The number of alkyl halides is 3. The molecule has 0 unspecified atom stereocenters. The molecule has 0 spiro atoms. The first-order valence-electron chi connectivity index (χ1n) is 4.17. The van der Waals surface area contributed by atoms with Crippen molar-refractivity contribution in [1.82, 2.24) is 0 Å². The Hall–Kier alpha value is -0.920. The summed E-state index contributed by atoms with van der Waals surface area (Å²) < 4.78 is 74.1. The summed E-state index contributed by atoms with van der Waals surface area (Å²) in [6, 6.07) is 0. The summed E-state index contributed by atoms with van der Waals surface area (Å²) in [5, 5.41) is 0.0685. The van der Waals surface area contributed by atoms with Crippen molar-refractivity contribution in [2.75, 3.05) is 0 Å². The molecular formula is C8H8F6OS. The highest BCUT2D eigenvalue weighted by Crippen LogP contribution is 2.83. The summed E-state index contributed by atoms with van der Waals surface area (Å²) in [5.41, 5.74) is 0. The highest BCUT2D eigenvalue weighted by atomic mass is 32.4. The third-order valence-electron chi connectivity index (χ3n) is 2.03. The Labute approximate surface area is 88.0 Å². The topological polar surface area (TPSA) is 17.1 Å². The maximum absolute atomic E-state index is 13.0. The van der Waals surface area contributed by atoms with Gasteiger partial charge in [-0.15, -0.1) is 11.7 Å². The van der Waals surface area contributed by atoms with Gasteiger partial charge in [0, 0.05) is 16.7 Å². The van der Waals surface area contributed by atoms with E-state index in [9.17, 15) is 29.6 Å². The number of rotatable bonds is 3. The van der Waals surface area contributed by atoms with Gasteiger partial charge in [0.15, 0.2) is 0 Å². The Balaban J connectivity index is 2.64. The van der Waals surface area contributed by atoms with E-state index in [0.29, 0.717) is 0 Å². The zero-order chi connectivity index (χ0) is 12.6. The van der Waals surface area contributed by atoms with E-state index < -0.39 is 40.0 Å². The van der Waals surface area contributed by atoms with Crippen LogP contribution in [0.2, 0.25) is 0 Å². The van der Waals surface area contributed by atoms with Crippen LogP contribution in [-0.4, -0.2) is 12.0 Å². The van der Waals surface area contributed by atoms with Crippen LogP contribution in [0, 0.1) is 0 Å². The van der Waals surface area contributed by atoms with Gasteiger partial charge < -0.3 is 0 Å².